The lowest BCUT2D eigenvalue weighted by atomic mass is 9.85. The van der Waals surface area contributed by atoms with Crippen LogP contribution in [-0.4, -0.2) is 98.3 Å². The molecule has 0 aromatic heterocycles. The van der Waals surface area contributed by atoms with Crippen molar-refractivity contribution in [1.82, 2.24) is 0 Å². The second-order valence-electron chi connectivity index (χ2n) is 18.4. The molecular formula is C51H95O13P. The Bertz CT molecular complexity index is 1230. The van der Waals surface area contributed by atoms with Crippen molar-refractivity contribution >= 4 is 19.8 Å². The smallest absolute Gasteiger partial charge is 0.462 e. The van der Waals surface area contributed by atoms with Gasteiger partial charge in [-0.25, -0.2) is 4.57 Å². The molecular weight excluding hydrogens is 852 g/mol. The number of hydrogen-bond donors (Lipinski definition) is 6. The number of hydrogen-bond acceptors (Lipinski definition) is 12. The van der Waals surface area contributed by atoms with E-state index in [1.54, 1.807) is 0 Å². The van der Waals surface area contributed by atoms with Crippen LogP contribution in [0.3, 0.4) is 0 Å². The largest absolute Gasteiger partial charge is 0.472 e. The Morgan fingerprint density at radius 1 is 0.477 bits per heavy atom. The van der Waals surface area contributed by atoms with Gasteiger partial charge in [-0.3, -0.25) is 18.6 Å². The maximum atomic E-state index is 12.8. The Kier molecular flexibility index (Phi) is 39.0. The molecule has 1 aliphatic rings. The van der Waals surface area contributed by atoms with Crippen molar-refractivity contribution in [1.29, 1.82) is 0 Å². The van der Waals surface area contributed by atoms with Gasteiger partial charge in [0.25, 0.3) is 0 Å². The number of allylic oxidation sites excluding steroid dienone is 4. The Labute approximate surface area is 394 Å². The quantitative estimate of drug-likeness (QED) is 0.0146. The van der Waals surface area contributed by atoms with Gasteiger partial charge in [0.2, 0.25) is 0 Å². The van der Waals surface area contributed by atoms with Crippen LogP contribution >= 0.6 is 7.82 Å². The van der Waals surface area contributed by atoms with Crippen LogP contribution < -0.4 is 0 Å². The van der Waals surface area contributed by atoms with Crippen molar-refractivity contribution in [3.05, 3.63) is 24.3 Å². The van der Waals surface area contributed by atoms with Crippen LogP contribution in [0.4, 0.5) is 0 Å². The first-order valence-electron chi connectivity index (χ1n) is 26.1. The van der Waals surface area contributed by atoms with Gasteiger partial charge in [-0.2, -0.15) is 0 Å². The number of aliphatic hydroxyl groups is 5. The molecule has 0 aromatic rings. The molecule has 8 atom stereocenters. The zero-order valence-electron chi connectivity index (χ0n) is 40.8. The van der Waals surface area contributed by atoms with Crippen LogP contribution in [0.2, 0.25) is 0 Å². The fourth-order valence-corrected chi connectivity index (χ4v) is 9.06. The molecule has 1 aliphatic carbocycles. The maximum Gasteiger partial charge on any atom is 0.472 e. The standard InChI is InChI=1S/C51H95O13P/c1-3-5-7-9-11-13-15-17-19-20-21-22-23-24-26-27-29-31-33-35-37-39-44(52)61-41-43(42-62-65(59,60)64-51-49(57)47(55)46(54)48(56)50(51)58)63-45(53)40-38-36-34-32-30-28-25-18-16-14-12-10-8-6-4-2/h12,14,18,25,43,46-51,54-58H,3-11,13,15-17,19-24,26-42H2,1-2H3,(H,59,60)/b14-12+,25-18+/t43-,46?,47-,48?,49?,50?,51?/m0/s1. The zero-order chi connectivity index (χ0) is 47.8. The van der Waals surface area contributed by atoms with Crippen molar-refractivity contribution < 1.29 is 63.1 Å². The van der Waals surface area contributed by atoms with E-state index < -0.39 is 75.7 Å². The average molecular weight is 947 g/mol. The lowest BCUT2D eigenvalue weighted by Crippen LogP contribution is -2.64. The maximum absolute atomic E-state index is 12.8. The van der Waals surface area contributed by atoms with E-state index in [9.17, 15) is 44.6 Å². The lowest BCUT2D eigenvalue weighted by Gasteiger charge is -2.41. The lowest BCUT2D eigenvalue weighted by molar-refractivity contribution is -0.220. The van der Waals surface area contributed by atoms with Gasteiger partial charge in [0, 0.05) is 12.8 Å². The first-order valence-corrected chi connectivity index (χ1v) is 27.6. The van der Waals surface area contributed by atoms with Gasteiger partial charge < -0.3 is 39.9 Å². The summed E-state index contributed by atoms with van der Waals surface area (Å²) in [6.07, 6.45) is 33.7. The molecule has 0 saturated heterocycles. The van der Waals surface area contributed by atoms with E-state index in [1.165, 1.54) is 128 Å². The molecule has 0 radical (unpaired) electrons. The summed E-state index contributed by atoms with van der Waals surface area (Å²) < 4.78 is 33.6. The predicted molar refractivity (Wildman–Crippen MR) is 258 cm³/mol. The predicted octanol–water partition coefficient (Wildman–Crippen LogP) is 11.2. The van der Waals surface area contributed by atoms with Crippen molar-refractivity contribution in [2.45, 2.75) is 275 Å². The number of rotatable bonds is 44. The van der Waals surface area contributed by atoms with E-state index in [1.807, 2.05) is 0 Å². The first kappa shape index (κ1) is 61.3. The molecule has 0 spiro atoms. The van der Waals surface area contributed by atoms with Crippen LogP contribution in [-0.2, 0) is 32.7 Å². The summed E-state index contributed by atoms with van der Waals surface area (Å²) >= 11 is 0. The van der Waals surface area contributed by atoms with Crippen LogP contribution in [0.1, 0.15) is 232 Å². The molecule has 6 N–H and O–H groups in total. The molecule has 0 bridgehead atoms. The van der Waals surface area contributed by atoms with Gasteiger partial charge in [-0.05, 0) is 44.9 Å². The third-order valence-corrected chi connectivity index (χ3v) is 13.3. The number of unbranched alkanes of at least 4 members (excludes halogenated alkanes) is 28. The average Bonchev–Trinajstić information content (AvgIpc) is 3.29. The van der Waals surface area contributed by atoms with Gasteiger partial charge in [-0.1, -0.05) is 199 Å². The second-order valence-corrected chi connectivity index (χ2v) is 19.8. The van der Waals surface area contributed by atoms with E-state index in [2.05, 4.69) is 38.2 Å². The number of aliphatic hydroxyl groups excluding tert-OH is 5. The summed E-state index contributed by atoms with van der Waals surface area (Å²) in [5, 5.41) is 50.2. The molecule has 0 heterocycles. The van der Waals surface area contributed by atoms with Gasteiger partial charge in [0.05, 0.1) is 6.61 Å². The summed E-state index contributed by atoms with van der Waals surface area (Å²) in [7, 11) is -5.12. The van der Waals surface area contributed by atoms with Crippen molar-refractivity contribution in [3.8, 4) is 0 Å². The van der Waals surface area contributed by atoms with Gasteiger partial charge in [-0.15, -0.1) is 0 Å². The molecule has 382 valence electrons. The number of carbonyl (C=O) groups excluding carboxylic acids is 2. The fourth-order valence-electron chi connectivity index (χ4n) is 8.08. The Morgan fingerprint density at radius 3 is 1.28 bits per heavy atom. The van der Waals surface area contributed by atoms with Crippen molar-refractivity contribution in [2.24, 2.45) is 0 Å². The summed E-state index contributed by atoms with van der Waals surface area (Å²) in [6, 6.07) is 0. The van der Waals surface area contributed by atoms with E-state index in [0.29, 0.717) is 12.8 Å². The molecule has 1 rings (SSSR count). The molecule has 65 heavy (non-hydrogen) atoms. The molecule has 0 aromatic carbocycles. The Hall–Kier alpha value is -1.67. The van der Waals surface area contributed by atoms with E-state index in [0.717, 1.165) is 64.2 Å². The van der Waals surface area contributed by atoms with Crippen LogP contribution in [0, 0.1) is 0 Å². The highest BCUT2D eigenvalue weighted by atomic mass is 31.2. The highest BCUT2D eigenvalue weighted by Crippen LogP contribution is 2.47. The number of phosphoric ester groups is 1. The number of carbonyl (C=O) groups is 2. The minimum absolute atomic E-state index is 0.0836. The summed E-state index contributed by atoms with van der Waals surface area (Å²) in [6.45, 7) is 3.30. The molecule has 0 aliphatic heterocycles. The van der Waals surface area contributed by atoms with Gasteiger partial charge in [0.1, 0.15) is 43.2 Å². The summed E-state index contributed by atoms with van der Waals surface area (Å²) in [4.78, 5) is 35.8. The van der Waals surface area contributed by atoms with E-state index >= 15 is 0 Å². The molecule has 13 nitrogen and oxygen atoms in total. The van der Waals surface area contributed by atoms with Crippen molar-refractivity contribution in [2.75, 3.05) is 13.2 Å². The van der Waals surface area contributed by atoms with Crippen LogP contribution in [0.5, 0.6) is 0 Å². The summed E-state index contributed by atoms with van der Waals surface area (Å²) in [5.74, 6) is -1.10. The SMILES string of the molecule is CCCCC/C=C/C/C=C/CCCCCCCC(=O)O[C@@H](COC(=O)CCCCCCCCCCCCCCCCCCCCCCC)COP(=O)(O)OC1C(O)C(O)C(O)[C@H](O)C1O. The molecule has 14 heteroatoms. The highest BCUT2D eigenvalue weighted by Gasteiger charge is 2.51. The second kappa shape index (κ2) is 41.3. The minimum atomic E-state index is -5.12. The van der Waals surface area contributed by atoms with Gasteiger partial charge >= 0.3 is 19.8 Å². The highest BCUT2D eigenvalue weighted by molar-refractivity contribution is 7.47. The Balaban J connectivity index is 2.37. The third kappa shape index (κ3) is 33.5. The Morgan fingerprint density at radius 2 is 0.831 bits per heavy atom. The molecule has 0 amide bonds. The van der Waals surface area contributed by atoms with Gasteiger partial charge in [0.15, 0.2) is 6.10 Å². The normalized spacial score (nSPS) is 21.5. The summed E-state index contributed by atoms with van der Waals surface area (Å²) in [5.41, 5.74) is 0. The van der Waals surface area contributed by atoms with Crippen LogP contribution in [0.15, 0.2) is 24.3 Å². The zero-order valence-corrected chi connectivity index (χ0v) is 41.7. The molecule has 1 saturated carbocycles. The fraction of sp³-hybridized carbons (Fsp3) is 0.882. The monoisotopic (exact) mass is 947 g/mol. The number of esters is 2. The third-order valence-electron chi connectivity index (χ3n) is 12.3. The van der Waals surface area contributed by atoms with E-state index in [4.69, 9.17) is 18.5 Å². The minimum Gasteiger partial charge on any atom is -0.462 e. The van der Waals surface area contributed by atoms with Crippen LogP contribution in [0.25, 0.3) is 0 Å². The molecule has 1 fully saturated rings. The first-order chi connectivity index (χ1) is 31.4. The number of phosphoric acid groups is 1. The molecule has 6 unspecified atom stereocenters. The van der Waals surface area contributed by atoms with Crippen molar-refractivity contribution in [3.63, 3.8) is 0 Å². The van der Waals surface area contributed by atoms with E-state index in [-0.39, 0.29) is 12.8 Å². The topological polar surface area (TPSA) is 210 Å². The number of ether oxygens (including phenoxy) is 2.